The Morgan fingerprint density at radius 3 is 1.95 bits per heavy atom. The topological polar surface area (TPSA) is 116 Å². The number of anilines is 1. The fraction of sp³-hybridized carbons (Fsp3) is 0.300. The molecule has 2 aromatic carbocycles. The van der Waals surface area contributed by atoms with E-state index in [0.717, 1.165) is 11.1 Å². The summed E-state index contributed by atoms with van der Waals surface area (Å²) in [7, 11) is 0. The molecule has 9 heteroatoms. The summed E-state index contributed by atoms with van der Waals surface area (Å²) in [4.78, 5) is 42.0. The minimum absolute atomic E-state index is 0.242. The monoisotopic (exact) mass is 527 g/mol. The Balaban J connectivity index is 1.71. The molecule has 2 aromatic heterocycles. The molecule has 1 aliphatic heterocycles. The second kappa shape index (κ2) is 9.98. The van der Waals surface area contributed by atoms with Crippen molar-refractivity contribution in [2.45, 2.75) is 52.9 Å². The molecule has 0 saturated heterocycles. The number of carbonyl (C=O) groups excluding carboxylic acids is 3. The fourth-order valence-corrected chi connectivity index (χ4v) is 5.34. The van der Waals surface area contributed by atoms with Gasteiger partial charge >= 0.3 is 5.97 Å². The maximum Gasteiger partial charge on any atom is 0.338 e. The quantitative estimate of drug-likeness (QED) is 0.244. The van der Waals surface area contributed by atoms with Crippen LogP contribution in [0, 0.1) is 27.7 Å². The zero-order chi connectivity index (χ0) is 27.9. The molecule has 200 valence electrons. The summed E-state index contributed by atoms with van der Waals surface area (Å²) in [5, 5.41) is 8.24. The van der Waals surface area contributed by atoms with Crippen LogP contribution in [0.5, 0.6) is 0 Å². The second-order valence-corrected chi connectivity index (χ2v) is 9.80. The number of hydrogen-bond acceptors (Lipinski definition) is 8. The Morgan fingerprint density at radius 1 is 0.872 bits per heavy atom. The van der Waals surface area contributed by atoms with E-state index >= 15 is 0 Å². The van der Waals surface area contributed by atoms with Gasteiger partial charge in [0.25, 0.3) is 5.91 Å². The molecule has 5 rings (SSSR count). The molecule has 0 unspecified atom stereocenters. The molecule has 9 nitrogen and oxygen atoms in total. The van der Waals surface area contributed by atoms with Crippen LogP contribution < -0.4 is 4.90 Å². The van der Waals surface area contributed by atoms with Gasteiger partial charge in [0.1, 0.15) is 11.5 Å². The lowest BCUT2D eigenvalue weighted by atomic mass is 9.66. The van der Waals surface area contributed by atoms with Crippen LogP contribution in [0.1, 0.15) is 67.2 Å². The Morgan fingerprint density at radius 2 is 1.44 bits per heavy atom. The molecule has 2 amide bonds. The van der Waals surface area contributed by atoms with Crippen molar-refractivity contribution in [1.29, 1.82) is 0 Å². The van der Waals surface area contributed by atoms with Crippen molar-refractivity contribution in [2.24, 2.45) is 0 Å². The highest BCUT2D eigenvalue weighted by Gasteiger charge is 2.52. The number of amides is 2. The molecular formula is C30H29N3O6. The molecule has 1 aliphatic rings. The standard InChI is InChI=1S/C30H29N3O6/c1-6-37-28(35)21-11-13-22(14-12-21)33-27(34)23-9-7-8-10-26(23)30(29(33)36,15-24-17(2)31-38-19(24)4)16-25-18(3)32-39-20(25)5/h7-14H,6,15-16H2,1-5H3. The van der Waals surface area contributed by atoms with Gasteiger partial charge < -0.3 is 13.8 Å². The van der Waals surface area contributed by atoms with Crippen LogP contribution in [0.3, 0.4) is 0 Å². The summed E-state index contributed by atoms with van der Waals surface area (Å²) in [5.41, 5.74) is 3.49. The van der Waals surface area contributed by atoms with Crippen LogP contribution in [0.15, 0.2) is 57.6 Å². The first kappa shape index (κ1) is 26.1. The van der Waals surface area contributed by atoms with E-state index < -0.39 is 23.2 Å². The van der Waals surface area contributed by atoms with E-state index in [9.17, 15) is 14.4 Å². The van der Waals surface area contributed by atoms with E-state index in [1.807, 2.05) is 39.8 Å². The van der Waals surface area contributed by atoms with Crippen molar-refractivity contribution < 1.29 is 28.2 Å². The summed E-state index contributed by atoms with van der Waals surface area (Å²) in [6.45, 7) is 9.28. The van der Waals surface area contributed by atoms with Crippen molar-refractivity contribution in [3.05, 3.63) is 99.3 Å². The summed E-state index contributed by atoms with van der Waals surface area (Å²) in [6.07, 6.45) is 0.498. The van der Waals surface area contributed by atoms with Crippen molar-refractivity contribution in [1.82, 2.24) is 10.3 Å². The first-order valence-corrected chi connectivity index (χ1v) is 12.8. The first-order valence-electron chi connectivity index (χ1n) is 12.8. The lowest BCUT2D eigenvalue weighted by Crippen LogP contribution is -2.57. The lowest BCUT2D eigenvalue weighted by Gasteiger charge is -2.42. The molecule has 0 fully saturated rings. The molecule has 0 aliphatic carbocycles. The lowest BCUT2D eigenvalue weighted by molar-refractivity contribution is -0.124. The highest BCUT2D eigenvalue weighted by Crippen LogP contribution is 2.43. The number of rotatable bonds is 7. The van der Waals surface area contributed by atoms with Gasteiger partial charge in [0.2, 0.25) is 5.91 Å². The number of esters is 1. The third kappa shape index (κ3) is 4.33. The van der Waals surface area contributed by atoms with Crippen LogP contribution in [-0.2, 0) is 27.8 Å². The first-order chi connectivity index (χ1) is 18.7. The smallest absolute Gasteiger partial charge is 0.338 e. The van der Waals surface area contributed by atoms with Crippen LogP contribution in [0.2, 0.25) is 0 Å². The number of hydrogen-bond donors (Lipinski definition) is 0. The van der Waals surface area contributed by atoms with Crippen LogP contribution in [0.25, 0.3) is 0 Å². The molecule has 0 saturated carbocycles. The van der Waals surface area contributed by atoms with Crippen molar-refractivity contribution in [2.75, 3.05) is 11.5 Å². The molecule has 3 heterocycles. The third-order valence-electron chi connectivity index (χ3n) is 7.44. The predicted octanol–water partition coefficient (Wildman–Crippen LogP) is 4.98. The normalized spacial score (nSPS) is 14.4. The van der Waals surface area contributed by atoms with Gasteiger partial charge in [0, 0.05) is 16.7 Å². The average molecular weight is 528 g/mol. The average Bonchev–Trinajstić information content (AvgIpc) is 3.42. The minimum atomic E-state index is -1.20. The van der Waals surface area contributed by atoms with Crippen molar-refractivity contribution >= 4 is 23.5 Å². The maximum atomic E-state index is 14.8. The van der Waals surface area contributed by atoms with Crippen LogP contribution in [0.4, 0.5) is 5.69 Å². The van der Waals surface area contributed by atoms with Crippen LogP contribution >= 0.6 is 0 Å². The van der Waals surface area contributed by atoms with Gasteiger partial charge in [-0.3, -0.25) is 9.59 Å². The Labute approximate surface area is 225 Å². The maximum absolute atomic E-state index is 14.8. The molecule has 0 spiro atoms. The SMILES string of the molecule is CCOC(=O)c1ccc(N2C(=O)c3ccccc3C(Cc3c(C)noc3C)(Cc3c(C)noc3C)C2=O)cc1. The summed E-state index contributed by atoms with van der Waals surface area (Å²) in [5.74, 6) is -0.0871. The summed E-state index contributed by atoms with van der Waals surface area (Å²) in [6, 6.07) is 13.5. The summed E-state index contributed by atoms with van der Waals surface area (Å²) < 4.78 is 16.0. The number of nitrogens with zero attached hydrogens (tertiary/aromatic N) is 3. The third-order valence-corrected chi connectivity index (χ3v) is 7.44. The van der Waals surface area contributed by atoms with Crippen molar-refractivity contribution in [3.63, 3.8) is 0 Å². The number of aryl methyl sites for hydroxylation is 4. The number of carbonyl (C=O) groups is 3. The molecule has 0 atom stereocenters. The highest BCUT2D eigenvalue weighted by molar-refractivity contribution is 6.27. The molecule has 4 aromatic rings. The Kier molecular flexibility index (Phi) is 6.68. The van der Waals surface area contributed by atoms with Gasteiger partial charge in [-0.25, -0.2) is 9.69 Å². The number of ether oxygens (including phenoxy) is 1. The summed E-state index contributed by atoms with van der Waals surface area (Å²) >= 11 is 0. The zero-order valence-electron chi connectivity index (χ0n) is 22.5. The zero-order valence-corrected chi connectivity index (χ0v) is 22.5. The second-order valence-electron chi connectivity index (χ2n) is 9.80. The fourth-order valence-electron chi connectivity index (χ4n) is 5.34. The predicted molar refractivity (Wildman–Crippen MR) is 142 cm³/mol. The molecule has 0 radical (unpaired) electrons. The van der Waals surface area contributed by atoms with Crippen LogP contribution in [-0.4, -0.2) is 34.7 Å². The molecule has 39 heavy (non-hydrogen) atoms. The van der Waals surface area contributed by atoms with Gasteiger partial charge in [-0.15, -0.1) is 0 Å². The number of benzene rings is 2. The van der Waals surface area contributed by atoms with Gasteiger partial charge in [-0.2, -0.15) is 0 Å². The van der Waals surface area contributed by atoms with E-state index in [4.69, 9.17) is 13.8 Å². The molecule has 0 N–H and O–H groups in total. The number of imide groups is 1. The van der Waals surface area contributed by atoms with Gasteiger partial charge in [0.05, 0.1) is 34.7 Å². The number of fused-ring (bicyclic) bond motifs is 1. The van der Waals surface area contributed by atoms with Gasteiger partial charge in [-0.05, 0) is 83.4 Å². The highest BCUT2D eigenvalue weighted by atomic mass is 16.5. The molecule has 0 bridgehead atoms. The molecular weight excluding hydrogens is 498 g/mol. The van der Waals surface area contributed by atoms with E-state index in [2.05, 4.69) is 10.3 Å². The minimum Gasteiger partial charge on any atom is -0.462 e. The Bertz CT molecular complexity index is 1490. The Hall–Kier alpha value is -4.53. The van der Waals surface area contributed by atoms with E-state index in [-0.39, 0.29) is 19.4 Å². The van der Waals surface area contributed by atoms with E-state index in [1.165, 1.54) is 4.90 Å². The largest absolute Gasteiger partial charge is 0.462 e. The van der Waals surface area contributed by atoms with Gasteiger partial charge in [0.15, 0.2) is 0 Å². The number of aromatic nitrogens is 2. The van der Waals surface area contributed by atoms with Crippen molar-refractivity contribution in [3.8, 4) is 0 Å². The van der Waals surface area contributed by atoms with E-state index in [1.54, 1.807) is 43.3 Å². The van der Waals surface area contributed by atoms with Gasteiger partial charge in [-0.1, -0.05) is 28.5 Å². The van der Waals surface area contributed by atoms with E-state index in [0.29, 0.717) is 45.3 Å².